The molecule has 0 radical (unpaired) electrons. The van der Waals surface area contributed by atoms with E-state index in [2.05, 4.69) is 5.16 Å². The van der Waals surface area contributed by atoms with Gasteiger partial charge in [-0.2, -0.15) is 0 Å². The highest BCUT2D eigenvalue weighted by atomic mass is 35.5. The summed E-state index contributed by atoms with van der Waals surface area (Å²) in [4.78, 5) is 11.9. The van der Waals surface area contributed by atoms with Gasteiger partial charge in [0.05, 0.1) is 28.3 Å². The van der Waals surface area contributed by atoms with E-state index in [-0.39, 0.29) is 18.5 Å². The summed E-state index contributed by atoms with van der Waals surface area (Å²) in [6.07, 6.45) is 3.09. The van der Waals surface area contributed by atoms with Crippen molar-refractivity contribution in [2.24, 2.45) is 0 Å². The molecule has 6 rings (SSSR count). The van der Waals surface area contributed by atoms with Crippen molar-refractivity contribution < 1.29 is 18.8 Å². The van der Waals surface area contributed by atoms with Gasteiger partial charge in [0.25, 0.3) is 0 Å². The molecule has 194 valence electrons. The molecule has 2 aliphatic rings. The van der Waals surface area contributed by atoms with E-state index in [0.29, 0.717) is 49.5 Å². The van der Waals surface area contributed by atoms with Gasteiger partial charge in [-0.1, -0.05) is 64.2 Å². The topological polar surface area (TPSA) is 61.6 Å². The number of esters is 1. The summed E-state index contributed by atoms with van der Waals surface area (Å²) in [5, 5.41) is 6.00. The fourth-order valence-electron chi connectivity index (χ4n) is 5.02. The summed E-state index contributed by atoms with van der Waals surface area (Å²) in [6.45, 7) is 0.258. The van der Waals surface area contributed by atoms with Crippen LogP contribution in [0, 0.1) is 0 Å². The van der Waals surface area contributed by atoms with Crippen LogP contribution in [-0.2, 0) is 11.3 Å². The molecule has 2 fully saturated rings. The first kappa shape index (κ1) is 25.3. The Labute approximate surface area is 235 Å². The van der Waals surface area contributed by atoms with Crippen LogP contribution in [0.1, 0.15) is 69.8 Å². The second-order valence-corrected chi connectivity index (χ2v) is 11.0. The molecule has 2 aliphatic carbocycles. The van der Waals surface area contributed by atoms with Gasteiger partial charge in [0.1, 0.15) is 23.8 Å². The molecule has 0 bridgehead atoms. The normalized spacial score (nSPS) is 18.3. The third-order valence-electron chi connectivity index (χ3n) is 7.25. The fraction of sp³-hybridized carbons (Fsp3) is 0.267. The van der Waals surface area contributed by atoms with Gasteiger partial charge < -0.3 is 14.0 Å². The van der Waals surface area contributed by atoms with E-state index < -0.39 is 0 Å². The van der Waals surface area contributed by atoms with Crippen LogP contribution in [0.5, 0.6) is 5.75 Å². The lowest BCUT2D eigenvalue weighted by atomic mass is 10.0. The monoisotopic (exact) mass is 567 g/mol. The minimum absolute atomic E-state index is 0.258. The van der Waals surface area contributed by atoms with E-state index in [4.69, 9.17) is 48.8 Å². The molecule has 5 nitrogen and oxygen atoms in total. The maximum atomic E-state index is 11.9. The molecule has 2 atom stereocenters. The highest BCUT2D eigenvalue weighted by Crippen LogP contribution is 2.56. The lowest BCUT2D eigenvalue weighted by Crippen LogP contribution is -2.01. The van der Waals surface area contributed by atoms with E-state index >= 15 is 0 Å². The number of hydrogen-bond donors (Lipinski definition) is 0. The van der Waals surface area contributed by atoms with Crippen molar-refractivity contribution in [3.63, 3.8) is 0 Å². The number of rotatable bonds is 8. The van der Waals surface area contributed by atoms with Gasteiger partial charge in [-0.15, -0.1) is 0 Å². The van der Waals surface area contributed by atoms with Gasteiger partial charge >= 0.3 is 5.97 Å². The Bertz CT molecular complexity index is 1510. The first-order chi connectivity index (χ1) is 18.4. The molecule has 8 heteroatoms. The van der Waals surface area contributed by atoms with Gasteiger partial charge in [0.2, 0.25) is 0 Å². The van der Waals surface area contributed by atoms with Crippen LogP contribution in [0.2, 0.25) is 15.1 Å². The van der Waals surface area contributed by atoms with Crippen LogP contribution in [0.4, 0.5) is 0 Å². The molecule has 0 amide bonds. The van der Waals surface area contributed by atoms with E-state index in [1.807, 2.05) is 36.4 Å². The third-order valence-corrected chi connectivity index (χ3v) is 8.20. The summed E-state index contributed by atoms with van der Waals surface area (Å²) in [7, 11) is 1.39. The van der Waals surface area contributed by atoms with E-state index in [1.54, 1.807) is 24.3 Å². The Morgan fingerprint density at radius 1 is 0.974 bits per heavy atom. The second-order valence-electron chi connectivity index (χ2n) is 9.78. The number of halogens is 3. The van der Waals surface area contributed by atoms with Crippen LogP contribution >= 0.6 is 34.8 Å². The maximum absolute atomic E-state index is 11.9. The van der Waals surface area contributed by atoms with Crippen molar-refractivity contribution in [3.05, 3.63) is 104 Å². The molecular formula is C30H24Cl3NO4. The lowest BCUT2D eigenvalue weighted by molar-refractivity contribution is 0.0600. The number of methoxy groups -OCH3 is 1. The zero-order chi connectivity index (χ0) is 26.4. The molecule has 1 aromatic heterocycles. The second kappa shape index (κ2) is 10.3. The Morgan fingerprint density at radius 3 is 2.45 bits per heavy atom. The molecule has 0 spiro atoms. The number of ether oxygens (including phenoxy) is 2. The standard InChI is InChI=1S/C30H24Cl3NO4/c1-36-30(35)18-5-2-4-17(12-18)21-14-22(21)20-11-10-19(13-26(20)33)37-15-23-28(34-38-29(23)16-8-9-16)27-24(31)6-3-7-25(27)32/h2-7,10-13,16,21-22H,8-9,14-15H2,1H3. The van der Waals surface area contributed by atoms with Crippen LogP contribution in [0.25, 0.3) is 11.3 Å². The molecule has 0 aliphatic heterocycles. The van der Waals surface area contributed by atoms with Crippen molar-refractivity contribution in [3.8, 4) is 17.0 Å². The van der Waals surface area contributed by atoms with Crippen LogP contribution < -0.4 is 4.74 Å². The molecule has 0 saturated heterocycles. The molecule has 2 saturated carbocycles. The number of carbonyl (C=O) groups excluding carboxylic acids is 1. The summed E-state index contributed by atoms with van der Waals surface area (Å²) in [6, 6.07) is 18.8. The highest BCUT2D eigenvalue weighted by Gasteiger charge is 2.41. The Morgan fingerprint density at radius 2 is 1.74 bits per heavy atom. The number of hydrogen-bond acceptors (Lipinski definition) is 5. The minimum Gasteiger partial charge on any atom is -0.489 e. The average molecular weight is 569 g/mol. The Hall–Kier alpha value is -2.99. The first-order valence-corrected chi connectivity index (χ1v) is 13.6. The first-order valence-electron chi connectivity index (χ1n) is 12.5. The fourth-order valence-corrected chi connectivity index (χ4v) is 5.91. The number of benzene rings is 3. The van der Waals surface area contributed by atoms with Crippen LogP contribution in [0.15, 0.2) is 65.2 Å². The zero-order valence-electron chi connectivity index (χ0n) is 20.5. The van der Waals surface area contributed by atoms with Crippen molar-refractivity contribution in [1.29, 1.82) is 0 Å². The Kier molecular flexibility index (Phi) is 6.85. The summed E-state index contributed by atoms with van der Waals surface area (Å²) in [5.41, 5.74) is 4.85. The van der Waals surface area contributed by atoms with Gasteiger partial charge in [-0.25, -0.2) is 4.79 Å². The van der Waals surface area contributed by atoms with Crippen molar-refractivity contribution >= 4 is 40.8 Å². The molecule has 38 heavy (non-hydrogen) atoms. The number of carbonyl (C=O) groups is 1. The van der Waals surface area contributed by atoms with Crippen molar-refractivity contribution in [2.75, 3.05) is 7.11 Å². The van der Waals surface area contributed by atoms with Crippen LogP contribution in [0.3, 0.4) is 0 Å². The predicted octanol–water partition coefficient (Wildman–Crippen LogP) is 8.82. The summed E-state index contributed by atoms with van der Waals surface area (Å²) >= 11 is 19.7. The van der Waals surface area contributed by atoms with Crippen LogP contribution in [-0.4, -0.2) is 18.2 Å². The maximum Gasteiger partial charge on any atom is 0.337 e. The summed E-state index contributed by atoms with van der Waals surface area (Å²) in [5.74, 6) is 2.09. The van der Waals surface area contributed by atoms with E-state index in [1.165, 1.54) is 7.11 Å². The number of aromatic nitrogens is 1. The molecule has 4 aromatic rings. The lowest BCUT2D eigenvalue weighted by Gasteiger charge is -2.11. The smallest absolute Gasteiger partial charge is 0.337 e. The zero-order valence-corrected chi connectivity index (χ0v) is 22.8. The minimum atomic E-state index is -0.332. The van der Waals surface area contributed by atoms with Crippen molar-refractivity contribution in [1.82, 2.24) is 5.16 Å². The van der Waals surface area contributed by atoms with Gasteiger partial charge in [-0.3, -0.25) is 0 Å². The van der Waals surface area contributed by atoms with E-state index in [0.717, 1.165) is 41.7 Å². The molecule has 0 N–H and O–H groups in total. The molecule has 3 aromatic carbocycles. The SMILES string of the molecule is COC(=O)c1cccc(C2CC2c2ccc(OCc3c(-c4c(Cl)cccc4Cl)noc3C3CC3)cc2Cl)c1. The predicted molar refractivity (Wildman–Crippen MR) is 148 cm³/mol. The van der Waals surface area contributed by atoms with Gasteiger partial charge in [0.15, 0.2) is 0 Å². The molecule has 1 heterocycles. The van der Waals surface area contributed by atoms with E-state index in [9.17, 15) is 4.79 Å². The molecule has 2 unspecified atom stereocenters. The highest BCUT2D eigenvalue weighted by molar-refractivity contribution is 6.39. The molecular weight excluding hydrogens is 545 g/mol. The van der Waals surface area contributed by atoms with Gasteiger partial charge in [0, 0.05) is 16.5 Å². The van der Waals surface area contributed by atoms with Gasteiger partial charge in [-0.05, 0) is 78.6 Å². The Balaban J connectivity index is 1.20. The largest absolute Gasteiger partial charge is 0.489 e. The summed E-state index contributed by atoms with van der Waals surface area (Å²) < 4.78 is 16.8. The number of nitrogens with zero attached hydrogens (tertiary/aromatic N) is 1. The van der Waals surface area contributed by atoms with Crippen molar-refractivity contribution in [2.45, 2.75) is 43.6 Å². The third kappa shape index (κ3) is 4.91. The average Bonchev–Trinajstić information content (AvgIpc) is 3.85. The quantitative estimate of drug-likeness (QED) is 0.199.